The van der Waals surface area contributed by atoms with E-state index in [-0.39, 0.29) is 12.3 Å². The molecule has 0 unspecified atom stereocenters. The van der Waals surface area contributed by atoms with Gasteiger partial charge in [0.25, 0.3) is 5.69 Å². The summed E-state index contributed by atoms with van der Waals surface area (Å²) < 4.78 is 5.54. The molecule has 0 amide bonds. The van der Waals surface area contributed by atoms with E-state index in [0.717, 1.165) is 0 Å². The van der Waals surface area contributed by atoms with Crippen molar-refractivity contribution in [1.29, 1.82) is 5.26 Å². The van der Waals surface area contributed by atoms with Gasteiger partial charge in [-0.3, -0.25) is 10.1 Å². The van der Waals surface area contributed by atoms with Gasteiger partial charge < -0.3 is 9.84 Å². The summed E-state index contributed by atoms with van der Waals surface area (Å²) in [6.45, 7) is -0.368. The zero-order valence-corrected chi connectivity index (χ0v) is 10.3. The lowest BCUT2D eigenvalue weighted by molar-refractivity contribution is -0.385. The maximum atomic E-state index is 10.7. The molecule has 0 heterocycles. The first-order valence-electron chi connectivity index (χ1n) is 5.70. The molecular weight excluding hydrogens is 260 g/mol. The van der Waals surface area contributed by atoms with Gasteiger partial charge in [0.15, 0.2) is 0 Å². The van der Waals surface area contributed by atoms with Crippen LogP contribution < -0.4 is 4.74 Å². The standard InChI is InChI=1S/C14H10N2O4/c15-8-10-1-4-13(5-2-10)20-14-6-3-12(16(18)19)7-11(14)9-17/h1-7,17H,9H2. The van der Waals surface area contributed by atoms with Gasteiger partial charge in [-0.2, -0.15) is 5.26 Å². The monoisotopic (exact) mass is 270 g/mol. The second kappa shape index (κ2) is 5.82. The Kier molecular flexibility index (Phi) is 3.93. The number of aliphatic hydroxyl groups is 1. The highest BCUT2D eigenvalue weighted by Crippen LogP contribution is 2.28. The maximum Gasteiger partial charge on any atom is 0.270 e. The first-order valence-corrected chi connectivity index (χ1v) is 5.70. The van der Waals surface area contributed by atoms with Crippen molar-refractivity contribution in [2.24, 2.45) is 0 Å². The number of nitriles is 1. The number of non-ortho nitro benzene ring substituents is 1. The molecule has 6 heteroatoms. The van der Waals surface area contributed by atoms with Gasteiger partial charge in [0, 0.05) is 17.7 Å². The Morgan fingerprint density at radius 1 is 1.25 bits per heavy atom. The summed E-state index contributed by atoms with van der Waals surface area (Å²) >= 11 is 0. The lowest BCUT2D eigenvalue weighted by atomic mass is 10.2. The van der Waals surface area contributed by atoms with Gasteiger partial charge >= 0.3 is 0 Å². The summed E-state index contributed by atoms with van der Waals surface area (Å²) in [7, 11) is 0. The first-order chi connectivity index (χ1) is 9.63. The number of nitrogens with zero attached hydrogens (tertiary/aromatic N) is 2. The minimum atomic E-state index is -0.537. The smallest absolute Gasteiger partial charge is 0.270 e. The third-order valence-electron chi connectivity index (χ3n) is 2.64. The molecule has 2 aromatic carbocycles. The number of aliphatic hydroxyl groups excluding tert-OH is 1. The second-order valence-electron chi connectivity index (χ2n) is 3.95. The van der Waals surface area contributed by atoms with E-state index in [0.29, 0.717) is 22.6 Å². The van der Waals surface area contributed by atoms with Crippen LogP contribution in [-0.2, 0) is 6.61 Å². The Balaban J connectivity index is 2.28. The molecule has 2 rings (SSSR count). The number of rotatable bonds is 4. The van der Waals surface area contributed by atoms with Gasteiger partial charge in [0.1, 0.15) is 11.5 Å². The highest BCUT2D eigenvalue weighted by atomic mass is 16.6. The molecule has 0 bridgehead atoms. The van der Waals surface area contributed by atoms with Crippen molar-refractivity contribution in [3.63, 3.8) is 0 Å². The highest BCUT2D eigenvalue weighted by Gasteiger charge is 2.11. The number of hydrogen-bond donors (Lipinski definition) is 1. The molecule has 0 aliphatic heterocycles. The molecule has 6 nitrogen and oxygen atoms in total. The molecule has 0 aromatic heterocycles. The number of nitro groups is 1. The maximum absolute atomic E-state index is 10.7. The minimum Gasteiger partial charge on any atom is -0.457 e. The van der Waals surface area contributed by atoms with Crippen LogP contribution in [-0.4, -0.2) is 10.0 Å². The van der Waals surface area contributed by atoms with Gasteiger partial charge in [-0.25, -0.2) is 0 Å². The fraction of sp³-hybridized carbons (Fsp3) is 0.0714. The van der Waals surface area contributed by atoms with E-state index in [9.17, 15) is 15.2 Å². The van der Waals surface area contributed by atoms with Crippen LogP contribution in [0.2, 0.25) is 0 Å². The molecule has 20 heavy (non-hydrogen) atoms. The van der Waals surface area contributed by atoms with Gasteiger partial charge in [-0.05, 0) is 30.3 Å². The molecule has 0 saturated carbocycles. The zero-order chi connectivity index (χ0) is 14.5. The van der Waals surface area contributed by atoms with Crippen LogP contribution in [0.1, 0.15) is 11.1 Å². The zero-order valence-electron chi connectivity index (χ0n) is 10.3. The number of benzene rings is 2. The van der Waals surface area contributed by atoms with Crippen molar-refractivity contribution in [1.82, 2.24) is 0 Å². The van der Waals surface area contributed by atoms with Gasteiger partial charge in [-0.15, -0.1) is 0 Å². The second-order valence-corrected chi connectivity index (χ2v) is 3.95. The average Bonchev–Trinajstić information content (AvgIpc) is 2.48. The van der Waals surface area contributed by atoms with E-state index in [1.54, 1.807) is 24.3 Å². The topological polar surface area (TPSA) is 96.4 Å². The van der Waals surface area contributed by atoms with Crippen LogP contribution in [0.4, 0.5) is 5.69 Å². The predicted octanol–water partition coefficient (Wildman–Crippen LogP) is 2.75. The van der Waals surface area contributed by atoms with E-state index >= 15 is 0 Å². The molecule has 0 saturated heterocycles. The largest absolute Gasteiger partial charge is 0.457 e. The molecule has 2 aromatic rings. The molecule has 1 N–H and O–H groups in total. The Hall–Kier alpha value is -2.91. The summed E-state index contributed by atoms with van der Waals surface area (Å²) in [6, 6.07) is 12.4. The summed E-state index contributed by atoms with van der Waals surface area (Å²) in [5, 5.41) is 28.6. The lowest BCUT2D eigenvalue weighted by Gasteiger charge is -2.09. The SMILES string of the molecule is N#Cc1ccc(Oc2ccc([N+](=O)[O-])cc2CO)cc1. The lowest BCUT2D eigenvalue weighted by Crippen LogP contribution is -1.95. The van der Waals surface area contributed by atoms with Gasteiger partial charge in [0.2, 0.25) is 0 Å². The Morgan fingerprint density at radius 3 is 2.50 bits per heavy atom. The van der Waals surface area contributed by atoms with E-state index < -0.39 is 4.92 Å². The normalized spacial score (nSPS) is 9.80. The van der Waals surface area contributed by atoms with Crippen LogP contribution in [0.5, 0.6) is 11.5 Å². The Bertz CT molecular complexity index is 675. The molecule has 0 aliphatic rings. The molecule has 0 radical (unpaired) electrons. The molecule has 0 fully saturated rings. The van der Waals surface area contributed by atoms with Crippen LogP contribution in [0.3, 0.4) is 0 Å². The summed E-state index contributed by atoms with van der Waals surface area (Å²) in [5.41, 5.74) is 0.716. The van der Waals surface area contributed by atoms with Gasteiger partial charge in [0.05, 0.1) is 23.2 Å². The summed E-state index contributed by atoms with van der Waals surface area (Å²) in [5.74, 6) is 0.815. The molecular formula is C14H10N2O4. The van der Waals surface area contributed by atoms with E-state index in [2.05, 4.69) is 0 Å². The Morgan fingerprint density at radius 2 is 1.95 bits per heavy atom. The first kappa shape index (κ1) is 13.5. The van der Waals surface area contributed by atoms with Crippen molar-refractivity contribution >= 4 is 5.69 Å². The quantitative estimate of drug-likeness (QED) is 0.680. The minimum absolute atomic E-state index is 0.110. The van der Waals surface area contributed by atoms with Crippen molar-refractivity contribution in [2.75, 3.05) is 0 Å². The molecule has 0 atom stereocenters. The van der Waals surface area contributed by atoms with Crippen LogP contribution in [0.25, 0.3) is 0 Å². The van der Waals surface area contributed by atoms with E-state index in [4.69, 9.17) is 10.00 Å². The number of ether oxygens (including phenoxy) is 1. The van der Waals surface area contributed by atoms with Crippen LogP contribution in [0, 0.1) is 21.4 Å². The average molecular weight is 270 g/mol. The van der Waals surface area contributed by atoms with Crippen LogP contribution >= 0.6 is 0 Å². The summed E-state index contributed by atoms with van der Waals surface area (Å²) in [4.78, 5) is 10.1. The molecule has 100 valence electrons. The molecule has 0 aliphatic carbocycles. The van der Waals surface area contributed by atoms with Crippen LogP contribution in [0.15, 0.2) is 42.5 Å². The van der Waals surface area contributed by atoms with Crippen molar-refractivity contribution in [3.05, 3.63) is 63.7 Å². The number of nitro benzene ring substituents is 1. The van der Waals surface area contributed by atoms with E-state index in [1.807, 2.05) is 6.07 Å². The number of hydrogen-bond acceptors (Lipinski definition) is 5. The fourth-order valence-corrected chi connectivity index (χ4v) is 1.63. The fourth-order valence-electron chi connectivity index (χ4n) is 1.63. The van der Waals surface area contributed by atoms with Crippen molar-refractivity contribution in [3.8, 4) is 17.6 Å². The highest BCUT2D eigenvalue weighted by molar-refractivity contribution is 5.46. The van der Waals surface area contributed by atoms with Crippen molar-refractivity contribution < 1.29 is 14.8 Å². The Labute approximate surface area is 114 Å². The third-order valence-corrected chi connectivity index (χ3v) is 2.64. The van der Waals surface area contributed by atoms with Gasteiger partial charge in [-0.1, -0.05) is 0 Å². The third kappa shape index (κ3) is 2.91. The van der Waals surface area contributed by atoms with E-state index in [1.165, 1.54) is 18.2 Å². The van der Waals surface area contributed by atoms with Crippen molar-refractivity contribution in [2.45, 2.75) is 6.61 Å². The predicted molar refractivity (Wildman–Crippen MR) is 70.3 cm³/mol. The summed E-state index contributed by atoms with van der Waals surface area (Å²) in [6.07, 6.45) is 0. The molecule has 0 spiro atoms.